The Hall–Kier alpha value is -0.620. The molecule has 0 aromatic rings. The van der Waals surface area contributed by atoms with Crippen LogP contribution in [0, 0.1) is 18.3 Å². The van der Waals surface area contributed by atoms with Crippen LogP contribution >= 0.6 is 12.6 Å². The first-order chi connectivity index (χ1) is 6.33. The number of carbonyl (C=O) groups excluding carboxylic acids is 1. The predicted molar refractivity (Wildman–Crippen MR) is 60.5 cm³/mol. The summed E-state index contributed by atoms with van der Waals surface area (Å²) in [4.78, 5) is 10.3. The Bertz CT molecular complexity index is 167. The number of thiol groups is 1. The Morgan fingerprint density at radius 2 is 2.25 bits per heavy atom. The molecule has 12 heavy (non-hydrogen) atoms. The van der Waals surface area contributed by atoms with Gasteiger partial charge in [-0.25, -0.2) is 0 Å². The van der Waals surface area contributed by atoms with Gasteiger partial charge in [0.25, 0.3) is 0 Å². The van der Waals surface area contributed by atoms with Gasteiger partial charge >= 0.3 is 5.97 Å². The first-order valence-electron chi connectivity index (χ1n) is 4.46. The molecule has 0 radical (unpaired) electrons. The molecule has 2 nitrogen and oxygen atoms in total. The quantitative estimate of drug-likeness (QED) is 0.397. The maximum Gasteiger partial charge on any atom is 0.308 e. The Balaban J connectivity index is -0.0000000393. The highest BCUT2D eigenvalue weighted by Gasteiger charge is 2.03. The Kier molecular flexibility index (Phi) is 15.9. The van der Waals surface area contributed by atoms with Gasteiger partial charge in [0.2, 0.25) is 0 Å². The summed E-state index contributed by atoms with van der Waals surface area (Å²) in [6.07, 6.45) is 3.62. The molecule has 0 fully saturated rings. The zero-order valence-electron chi connectivity index (χ0n) is 10.00. The lowest BCUT2D eigenvalue weighted by atomic mass is 10.2. The van der Waals surface area contributed by atoms with Gasteiger partial charge in [-0.2, -0.15) is 12.6 Å². The van der Waals surface area contributed by atoms with Crippen LogP contribution in [0.25, 0.3) is 0 Å². The third-order valence-corrected chi connectivity index (χ3v) is 0.673. The van der Waals surface area contributed by atoms with Gasteiger partial charge in [-0.15, -0.1) is 12.3 Å². The van der Waals surface area contributed by atoms with Crippen molar-refractivity contribution in [3.05, 3.63) is 0 Å². The van der Waals surface area contributed by atoms with Crippen LogP contribution < -0.4 is 0 Å². The zero-order valence-corrected chi connectivity index (χ0v) is 8.89. The molecule has 0 saturated carbocycles. The SMILES string of the molecule is C#CC.COC(=O)C(C)C.[2H]C([3H])S.[HH].[HH]. The van der Waals surface area contributed by atoms with Crippen molar-refractivity contribution in [1.29, 1.82) is 0 Å². The van der Waals surface area contributed by atoms with E-state index in [4.69, 9.17) is 2.74 Å². The number of hydrogen-bond acceptors (Lipinski definition) is 3. The number of carbonyl (C=O) groups is 1. The van der Waals surface area contributed by atoms with Crippen molar-refractivity contribution in [1.82, 2.24) is 0 Å². The molecule has 1 atom stereocenters. The van der Waals surface area contributed by atoms with Gasteiger partial charge in [0.1, 0.15) is 0 Å². The summed E-state index contributed by atoms with van der Waals surface area (Å²) in [5.41, 5.74) is 0. The first-order valence-corrected chi connectivity index (χ1v) is 3.82. The topological polar surface area (TPSA) is 26.3 Å². The van der Waals surface area contributed by atoms with Gasteiger partial charge in [-0.05, 0) is 13.1 Å². The van der Waals surface area contributed by atoms with Crippen LogP contribution in [0.4, 0.5) is 0 Å². The zero-order chi connectivity index (χ0) is 12.1. The molecule has 76 valence electrons. The van der Waals surface area contributed by atoms with Crippen molar-refractivity contribution in [3.8, 4) is 12.3 Å². The molecule has 0 bridgehead atoms. The second-order valence-electron chi connectivity index (χ2n) is 1.97. The van der Waals surface area contributed by atoms with Crippen LogP contribution in [-0.4, -0.2) is 19.3 Å². The number of hydrogen-bond donors (Lipinski definition) is 1. The molecule has 0 heterocycles. The molecule has 0 aliphatic heterocycles. The van der Waals surface area contributed by atoms with Gasteiger partial charge in [0, 0.05) is 5.59 Å². The largest absolute Gasteiger partial charge is 0.469 e. The van der Waals surface area contributed by atoms with Crippen LogP contribution in [0.5, 0.6) is 0 Å². The summed E-state index contributed by atoms with van der Waals surface area (Å²) >= 11 is 3.30. The standard InChI is InChI=1S/C5H10O2.C3H4.CH4S.2H2/c1-4(2)5(6)7-3;1-3-2;1-2;;/h4H,1-3H3;1H,2H3;2H,1H3;2*1H/i;;1TD;;. The molecule has 0 amide bonds. The normalized spacial score (nSPS) is 11.4. The van der Waals surface area contributed by atoms with E-state index in [2.05, 4.69) is 29.7 Å². The fourth-order valence-corrected chi connectivity index (χ4v) is 0.236. The molecular weight excluding hydrogens is 172 g/mol. The Morgan fingerprint density at radius 3 is 2.25 bits per heavy atom. The first kappa shape index (κ1) is 11.4. The molecule has 0 spiro atoms. The molecular formula is C9H22O2S. The van der Waals surface area contributed by atoms with E-state index in [1.807, 2.05) is 0 Å². The number of esters is 1. The molecule has 0 aromatic carbocycles. The molecule has 0 saturated heterocycles. The summed E-state index contributed by atoms with van der Waals surface area (Å²) in [5, 5.41) is 0. The lowest BCUT2D eigenvalue weighted by molar-refractivity contribution is -0.144. The van der Waals surface area contributed by atoms with Crippen LogP contribution in [0.15, 0.2) is 0 Å². The van der Waals surface area contributed by atoms with Crippen molar-refractivity contribution in [2.75, 3.05) is 13.3 Å². The Morgan fingerprint density at radius 1 is 2.00 bits per heavy atom. The monoisotopic (exact) mass is 197 g/mol. The van der Waals surface area contributed by atoms with E-state index in [1.165, 1.54) is 7.11 Å². The predicted octanol–water partition coefficient (Wildman–Crippen LogP) is 2.49. The van der Waals surface area contributed by atoms with Crippen molar-refractivity contribution in [2.45, 2.75) is 20.8 Å². The summed E-state index contributed by atoms with van der Waals surface area (Å²) < 4.78 is 16.6. The van der Waals surface area contributed by atoms with E-state index in [0.717, 1.165) is 0 Å². The summed E-state index contributed by atoms with van der Waals surface area (Å²) in [6, 6.07) is 0. The molecule has 0 aliphatic carbocycles. The van der Waals surface area contributed by atoms with Crippen molar-refractivity contribution in [2.24, 2.45) is 5.92 Å². The lowest BCUT2D eigenvalue weighted by Crippen LogP contribution is -2.07. The van der Waals surface area contributed by atoms with E-state index >= 15 is 0 Å². The third-order valence-electron chi connectivity index (χ3n) is 0.673. The molecule has 0 rings (SSSR count). The van der Waals surface area contributed by atoms with Gasteiger partial charge < -0.3 is 4.74 Å². The van der Waals surface area contributed by atoms with Gasteiger partial charge in [0.15, 0.2) is 0 Å². The van der Waals surface area contributed by atoms with Crippen LogP contribution in [0.2, 0.25) is 0 Å². The summed E-state index contributed by atoms with van der Waals surface area (Å²) in [5.74, 6) is 2.10. The van der Waals surface area contributed by atoms with Gasteiger partial charge in [0.05, 0.1) is 13.0 Å². The highest BCUT2D eigenvalue weighted by Crippen LogP contribution is 1.91. The van der Waals surface area contributed by atoms with Crippen LogP contribution in [-0.2, 0) is 9.53 Å². The fourth-order valence-electron chi connectivity index (χ4n) is 0.236. The number of terminal acetylenes is 1. The number of rotatable bonds is 1. The Labute approximate surface area is 86.9 Å². The van der Waals surface area contributed by atoms with Crippen molar-refractivity contribution in [3.63, 3.8) is 0 Å². The average Bonchev–Trinajstić information content (AvgIpc) is 2.03. The highest BCUT2D eigenvalue weighted by atomic mass is 32.1. The second-order valence-corrected chi connectivity index (χ2v) is 1.97. The number of methoxy groups -OCH3 is 1. The van der Waals surface area contributed by atoms with E-state index in [9.17, 15) is 4.79 Å². The molecule has 3 heteroatoms. The van der Waals surface area contributed by atoms with E-state index in [1.54, 1.807) is 20.8 Å². The van der Waals surface area contributed by atoms with Crippen molar-refractivity contribution >= 4 is 18.6 Å². The van der Waals surface area contributed by atoms with Crippen molar-refractivity contribution < 1.29 is 15.1 Å². The maximum absolute atomic E-state index is 10.3. The average molecular weight is 197 g/mol. The van der Waals surface area contributed by atoms with Gasteiger partial charge in [-0.1, -0.05) is 13.8 Å². The highest BCUT2D eigenvalue weighted by molar-refractivity contribution is 7.79. The summed E-state index contributed by atoms with van der Waals surface area (Å²) in [7, 11) is 1.39. The minimum Gasteiger partial charge on any atom is -0.469 e. The third kappa shape index (κ3) is 22.8. The van der Waals surface area contributed by atoms with E-state index in [0.29, 0.717) is 0 Å². The van der Waals surface area contributed by atoms with Crippen LogP contribution in [0.1, 0.15) is 26.4 Å². The molecule has 1 unspecified atom stereocenters. The molecule has 0 aromatic heterocycles. The molecule has 0 aliphatic rings. The summed E-state index contributed by atoms with van der Waals surface area (Å²) in [6.45, 7) is 5.25. The fraction of sp³-hybridized carbons (Fsp3) is 0.667. The van der Waals surface area contributed by atoms with E-state index < -0.39 is 6.21 Å². The minimum absolute atomic E-state index is 0. The second kappa shape index (κ2) is 16.8. The minimum atomic E-state index is -0.972. The number of ether oxygens (including phenoxy) is 1. The molecule has 0 N–H and O–H groups in total. The maximum atomic E-state index is 10.3. The lowest BCUT2D eigenvalue weighted by Gasteiger charge is -1.97. The van der Waals surface area contributed by atoms with Gasteiger partial charge in [-0.3, -0.25) is 4.79 Å². The smallest absolute Gasteiger partial charge is 0.308 e. The van der Waals surface area contributed by atoms with Crippen LogP contribution in [0.3, 0.4) is 0 Å². The van der Waals surface area contributed by atoms with E-state index in [-0.39, 0.29) is 14.7 Å².